The van der Waals surface area contributed by atoms with E-state index in [4.69, 9.17) is 5.11 Å². The molecule has 4 nitrogen and oxygen atoms in total. The molecule has 1 aromatic heterocycles. The Labute approximate surface area is 129 Å². The molecule has 0 bridgehead atoms. The molecule has 0 saturated heterocycles. The lowest BCUT2D eigenvalue weighted by atomic mass is 10.2. The van der Waals surface area contributed by atoms with Crippen molar-refractivity contribution in [3.05, 3.63) is 71.9 Å². The van der Waals surface area contributed by atoms with Gasteiger partial charge in [-0.15, -0.1) is 0 Å². The van der Waals surface area contributed by atoms with Crippen LogP contribution in [0.25, 0.3) is 10.9 Å². The second kappa shape index (κ2) is 6.45. The maximum atomic E-state index is 12.3. The van der Waals surface area contributed by atoms with E-state index in [0.717, 1.165) is 16.5 Å². The molecule has 2 aromatic carbocycles. The molecule has 0 aliphatic rings. The van der Waals surface area contributed by atoms with E-state index in [1.165, 1.54) is 0 Å². The summed E-state index contributed by atoms with van der Waals surface area (Å²) >= 11 is 0. The van der Waals surface area contributed by atoms with E-state index in [2.05, 4.69) is 5.32 Å². The van der Waals surface area contributed by atoms with Gasteiger partial charge in [-0.05, 0) is 17.7 Å². The molecule has 0 spiro atoms. The van der Waals surface area contributed by atoms with Crippen LogP contribution in [-0.4, -0.2) is 28.7 Å². The number of aliphatic hydroxyl groups excluding tert-OH is 1. The van der Waals surface area contributed by atoms with Crippen LogP contribution in [-0.2, 0) is 6.54 Å². The Hall–Kier alpha value is -2.59. The number of nitrogens with one attached hydrogen (secondary N) is 1. The highest BCUT2D eigenvalue weighted by atomic mass is 16.3. The van der Waals surface area contributed by atoms with Crippen molar-refractivity contribution < 1.29 is 9.90 Å². The summed E-state index contributed by atoms with van der Waals surface area (Å²) in [5.41, 5.74) is 2.78. The minimum Gasteiger partial charge on any atom is -0.395 e. The van der Waals surface area contributed by atoms with Crippen LogP contribution in [0.1, 0.15) is 16.1 Å². The van der Waals surface area contributed by atoms with Crippen LogP contribution < -0.4 is 5.32 Å². The first-order valence-electron chi connectivity index (χ1n) is 7.31. The van der Waals surface area contributed by atoms with Crippen molar-refractivity contribution >= 4 is 16.8 Å². The Bertz CT molecular complexity index is 778. The van der Waals surface area contributed by atoms with E-state index >= 15 is 0 Å². The van der Waals surface area contributed by atoms with Crippen LogP contribution in [0, 0.1) is 0 Å². The number of hydrogen-bond donors (Lipinski definition) is 2. The number of carbonyl (C=O) groups is 1. The van der Waals surface area contributed by atoms with Crippen molar-refractivity contribution in [1.82, 2.24) is 9.88 Å². The second-order valence-electron chi connectivity index (χ2n) is 5.14. The standard InChI is InChI=1S/C18H18N2O2/c21-11-10-19-18(22)17-12-15-8-4-5-9-16(15)20(17)13-14-6-2-1-3-7-14/h1-9,12,21H,10-11,13H2,(H,19,22). The van der Waals surface area contributed by atoms with Gasteiger partial charge in [0.1, 0.15) is 5.69 Å². The van der Waals surface area contributed by atoms with Crippen molar-refractivity contribution in [2.75, 3.05) is 13.2 Å². The van der Waals surface area contributed by atoms with E-state index < -0.39 is 0 Å². The number of amides is 1. The van der Waals surface area contributed by atoms with Gasteiger partial charge in [-0.2, -0.15) is 0 Å². The number of rotatable bonds is 5. The normalized spacial score (nSPS) is 10.8. The number of benzene rings is 2. The molecule has 0 unspecified atom stereocenters. The first-order chi connectivity index (χ1) is 10.8. The van der Waals surface area contributed by atoms with E-state index in [-0.39, 0.29) is 19.1 Å². The van der Waals surface area contributed by atoms with Crippen molar-refractivity contribution in [3.63, 3.8) is 0 Å². The fourth-order valence-corrected chi connectivity index (χ4v) is 2.59. The van der Waals surface area contributed by atoms with Gasteiger partial charge in [0.15, 0.2) is 0 Å². The topological polar surface area (TPSA) is 54.3 Å². The molecule has 0 atom stereocenters. The van der Waals surface area contributed by atoms with E-state index in [1.807, 2.05) is 65.2 Å². The van der Waals surface area contributed by atoms with Crippen molar-refractivity contribution in [2.45, 2.75) is 6.54 Å². The van der Waals surface area contributed by atoms with Gasteiger partial charge < -0.3 is 15.0 Å². The predicted molar refractivity (Wildman–Crippen MR) is 86.9 cm³/mol. The summed E-state index contributed by atoms with van der Waals surface area (Å²) in [6.07, 6.45) is 0. The summed E-state index contributed by atoms with van der Waals surface area (Å²) in [4.78, 5) is 12.3. The maximum absolute atomic E-state index is 12.3. The molecule has 3 rings (SSSR count). The van der Waals surface area contributed by atoms with Crippen LogP contribution in [0.2, 0.25) is 0 Å². The zero-order valence-electron chi connectivity index (χ0n) is 12.2. The van der Waals surface area contributed by atoms with Crippen LogP contribution in [0.4, 0.5) is 0 Å². The molecular formula is C18H18N2O2. The highest BCUT2D eigenvalue weighted by Crippen LogP contribution is 2.21. The van der Waals surface area contributed by atoms with Crippen LogP contribution in [0.15, 0.2) is 60.7 Å². The number of aliphatic hydroxyl groups is 1. The molecule has 1 amide bonds. The molecule has 0 radical (unpaired) electrons. The lowest BCUT2D eigenvalue weighted by Gasteiger charge is -2.11. The Balaban J connectivity index is 2.03. The maximum Gasteiger partial charge on any atom is 0.268 e. The SMILES string of the molecule is O=C(NCCO)c1cc2ccccc2n1Cc1ccccc1. The van der Waals surface area contributed by atoms with Gasteiger partial charge in [-0.3, -0.25) is 4.79 Å². The van der Waals surface area contributed by atoms with Crippen LogP contribution >= 0.6 is 0 Å². The smallest absolute Gasteiger partial charge is 0.268 e. The summed E-state index contributed by atoms with van der Waals surface area (Å²) in [6.45, 7) is 0.826. The quantitative estimate of drug-likeness (QED) is 0.759. The van der Waals surface area contributed by atoms with Gasteiger partial charge in [0.2, 0.25) is 0 Å². The fourth-order valence-electron chi connectivity index (χ4n) is 2.59. The van der Waals surface area contributed by atoms with Gasteiger partial charge in [0.05, 0.1) is 6.61 Å². The minimum atomic E-state index is -0.166. The molecule has 0 aliphatic heterocycles. The van der Waals surface area contributed by atoms with E-state index in [1.54, 1.807) is 0 Å². The fraction of sp³-hybridized carbons (Fsp3) is 0.167. The number of fused-ring (bicyclic) bond motifs is 1. The van der Waals surface area contributed by atoms with Gasteiger partial charge in [-0.25, -0.2) is 0 Å². The Kier molecular flexibility index (Phi) is 4.21. The molecule has 1 heterocycles. The highest BCUT2D eigenvalue weighted by Gasteiger charge is 2.15. The molecule has 4 heteroatoms. The molecule has 0 saturated carbocycles. The minimum absolute atomic E-state index is 0.0648. The average Bonchev–Trinajstić information content (AvgIpc) is 2.92. The third-order valence-corrected chi connectivity index (χ3v) is 3.62. The molecule has 0 aliphatic carbocycles. The van der Waals surface area contributed by atoms with Crippen molar-refractivity contribution in [3.8, 4) is 0 Å². The lowest BCUT2D eigenvalue weighted by molar-refractivity contribution is 0.0936. The first-order valence-corrected chi connectivity index (χ1v) is 7.31. The second-order valence-corrected chi connectivity index (χ2v) is 5.14. The number of carbonyl (C=O) groups excluding carboxylic acids is 1. The third-order valence-electron chi connectivity index (χ3n) is 3.62. The molecule has 22 heavy (non-hydrogen) atoms. The zero-order valence-corrected chi connectivity index (χ0v) is 12.2. The van der Waals surface area contributed by atoms with Crippen LogP contribution in [0.5, 0.6) is 0 Å². The van der Waals surface area contributed by atoms with Gasteiger partial charge in [0.25, 0.3) is 5.91 Å². The van der Waals surface area contributed by atoms with Crippen molar-refractivity contribution in [2.24, 2.45) is 0 Å². The highest BCUT2D eigenvalue weighted by molar-refractivity contribution is 5.98. The summed E-state index contributed by atoms with van der Waals surface area (Å²) in [7, 11) is 0. The number of hydrogen-bond acceptors (Lipinski definition) is 2. The monoisotopic (exact) mass is 294 g/mol. The summed E-state index contributed by atoms with van der Waals surface area (Å²) in [5, 5.41) is 12.6. The van der Waals surface area contributed by atoms with Gasteiger partial charge in [-0.1, -0.05) is 48.5 Å². The van der Waals surface area contributed by atoms with Gasteiger partial charge >= 0.3 is 0 Å². The van der Waals surface area contributed by atoms with E-state index in [9.17, 15) is 4.79 Å². The Morgan fingerprint density at radius 3 is 2.55 bits per heavy atom. The Morgan fingerprint density at radius 2 is 1.77 bits per heavy atom. The largest absolute Gasteiger partial charge is 0.395 e. The molecule has 0 fully saturated rings. The number of para-hydroxylation sites is 1. The summed E-state index contributed by atoms with van der Waals surface area (Å²) < 4.78 is 2.01. The number of aromatic nitrogens is 1. The van der Waals surface area contributed by atoms with Gasteiger partial charge in [0, 0.05) is 24.0 Å². The molecule has 112 valence electrons. The Morgan fingerprint density at radius 1 is 1.05 bits per heavy atom. The first kappa shape index (κ1) is 14.4. The third kappa shape index (κ3) is 2.87. The summed E-state index contributed by atoms with van der Waals surface area (Å²) in [5.74, 6) is -0.166. The van der Waals surface area contributed by atoms with Crippen molar-refractivity contribution in [1.29, 1.82) is 0 Å². The lowest BCUT2D eigenvalue weighted by Crippen LogP contribution is -2.28. The molecule has 3 aromatic rings. The molecular weight excluding hydrogens is 276 g/mol. The van der Waals surface area contributed by atoms with Crippen LogP contribution in [0.3, 0.4) is 0 Å². The predicted octanol–water partition coefficient (Wildman–Crippen LogP) is 2.41. The summed E-state index contributed by atoms with van der Waals surface area (Å²) in [6, 6.07) is 19.9. The molecule has 2 N–H and O–H groups in total. The number of nitrogens with zero attached hydrogens (tertiary/aromatic N) is 1. The zero-order chi connectivity index (χ0) is 15.4. The van der Waals surface area contributed by atoms with E-state index in [0.29, 0.717) is 12.2 Å². The average molecular weight is 294 g/mol.